The smallest absolute Gasteiger partial charge is 0.251 e. The molecule has 2 N–H and O–H groups in total. The number of rotatable bonds is 3. The third-order valence-corrected chi connectivity index (χ3v) is 3.93. The molecule has 1 amide bonds. The van der Waals surface area contributed by atoms with E-state index < -0.39 is 0 Å². The van der Waals surface area contributed by atoms with Crippen LogP contribution in [-0.4, -0.2) is 25.5 Å². The summed E-state index contributed by atoms with van der Waals surface area (Å²) in [5, 5.41) is 6.27. The van der Waals surface area contributed by atoms with Gasteiger partial charge >= 0.3 is 0 Å². The number of hydrogen-bond acceptors (Lipinski definition) is 2. The SMILES string of the molecule is Cc1ccc(F)cc1C(=O)NCC1CCNCC1C. The summed E-state index contributed by atoms with van der Waals surface area (Å²) in [5.41, 5.74) is 1.24. The Morgan fingerprint density at radius 1 is 1.53 bits per heavy atom. The van der Waals surface area contributed by atoms with Gasteiger partial charge in [0.1, 0.15) is 5.82 Å². The minimum Gasteiger partial charge on any atom is -0.352 e. The normalized spacial score (nSPS) is 23.1. The molecule has 1 aliphatic rings. The highest BCUT2D eigenvalue weighted by Gasteiger charge is 2.21. The summed E-state index contributed by atoms with van der Waals surface area (Å²) in [6.07, 6.45) is 1.07. The molecule has 104 valence electrons. The van der Waals surface area contributed by atoms with E-state index in [0.29, 0.717) is 23.9 Å². The van der Waals surface area contributed by atoms with Gasteiger partial charge in [0.05, 0.1) is 0 Å². The summed E-state index contributed by atoms with van der Waals surface area (Å²) in [7, 11) is 0. The van der Waals surface area contributed by atoms with Crippen molar-refractivity contribution in [3.05, 3.63) is 35.1 Å². The fourth-order valence-corrected chi connectivity index (χ4v) is 2.53. The van der Waals surface area contributed by atoms with Crippen LogP contribution in [0.15, 0.2) is 18.2 Å². The van der Waals surface area contributed by atoms with E-state index in [2.05, 4.69) is 17.6 Å². The summed E-state index contributed by atoms with van der Waals surface area (Å²) in [6.45, 7) is 6.68. The first-order valence-electron chi connectivity index (χ1n) is 6.83. The average molecular weight is 264 g/mol. The number of amides is 1. The molecular weight excluding hydrogens is 243 g/mol. The Bertz CT molecular complexity index is 461. The van der Waals surface area contributed by atoms with Crippen LogP contribution in [0.4, 0.5) is 4.39 Å². The lowest BCUT2D eigenvalue weighted by Gasteiger charge is -2.29. The molecule has 1 saturated heterocycles. The standard InChI is InChI=1S/C15H21FN2O/c1-10-3-4-13(16)7-14(10)15(19)18-9-12-5-6-17-8-11(12)2/h3-4,7,11-12,17H,5-6,8-9H2,1-2H3,(H,18,19). The molecule has 0 saturated carbocycles. The molecule has 1 fully saturated rings. The van der Waals surface area contributed by atoms with Crippen molar-refractivity contribution in [3.8, 4) is 0 Å². The van der Waals surface area contributed by atoms with Crippen LogP contribution >= 0.6 is 0 Å². The van der Waals surface area contributed by atoms with Crippen molar-refractivity contribution in [1.82, 2.24) is 10.6 Å². The van der Waals surface area contributed by atoms with Crippen molar-refractivity contribution >= 4 is 5.91 Å². The first-order chi connectivity index (χ1) is 9.08. The van der Waals surface area contributed by atoms with Crippen molar-refractivity contribution in [2.24, 2.45) is 11.8 Å². The summed E-state index contributed by atoms with van der Waals surface area (Å²) in [5.74, 6) is 0.510. The number of halogens is 1. The molecule has 1 heterocycles. The van der Waals surface area contributed by atoms with Gasteiger partial charge in [-0.05, 0) is 56.0 Å². The van der Waals surface area contributed by atoms with Crippen molar-refractivity contribution in [1.29, 1.82) is 0 Å². The van der Waals surface area contributed by atoms with Gasteiger partial charge in [-0.25, -0.2) is 4.39 Å². The number of hydrogen-bond donors (Lipinski definition) is 2. The maximum atomic E-state index is 13.2. The molecule has 2 atom stereocenters. The Morgan fingerprint density at radius 2 is 2.32 bits per heavy atom. The summed E-state index contributed by atoms with van der Waals surface area (Å²) in [4.78, 5) is 12.1. The van der Waals surface area contributed by atoms with Gasteiger partial charge in [0.2, 0.25) is 0 Å². The third-order valence-electron chi connectivity index (χ3n) is 3.93. The lowest BCUT2D eigenvalue weighted by Crippen LogP contribution is -2.41. The number of benzene rings is 1. The van der Waals surface area contributed by atoms with Crippen LogP contribution in [-0.2, 0) is 0 Å². The van der Waals surface area contributed by atoms with Crippen LogP contribution in [0.3, 0.4) is 0 Å². The van der Waals surface area contributed by atoms with E-state index in [1.807, 2.05) is 6.92 Å². The van der Waals surface area contributed by atoms with Gasteiger partial charge in [-0.3, -0.25) is 4.79 Å². The molecular formula is C15H21FN2O. The molecule has 0 aliphatic carbocycles. The van der Waals surface area contributed by atoms with Gasteiger partial charge in [-0.15, -0.1) is 0 Å². The largest absolute Gasteiger partial charge is 0.352 e. The van der Waals surface area contributed by atoms with Gasteiger partial charge in [0, 0.05) is 12.1 Å². The quantitative estimate of drug-likeness (QED) is 0.878. The molecule has 2 unspecified atom stereocenters. The second kappa shape index (κ2) is 6.15. The molecule has 0 radical (unpaired) electrons. The maximum Gasteiger partial charge on any atom is 0.251 e. The number of piperidine rings is 1. The monoisotopic (exact) mass is 264 g/mol. The molecule has 2 rings (SSSR count). The number of nitrogens with one attached hydrogen (secondary N) is 2. The molecule has 19 heavy (non-hydrogen) atoms. The third kappa shape index (κ3) is 3.53. The van der Waals surface area contributed by atoms with E-state index in [0.717, 1.165) is 25.1 Å². The lowest BCUT2D eigenvalue weighted by atomic mass is 9.88. The molecule has 0 bridgehead atoms. The Balaban J connectivity index is 1.95. The molecule has 0 aromatic heterocycles. The van der Waals surface area contributed by atoms with Gasteiger partial charge in [0.25, 0.3) is 5.91 Å². The van der Waals surface area contributed by atoms with E-state index in [4.69, 9.17) is 0 Å². The minimum absolute atomic E-state index is 0.178. The number of carbonyl (C=O) groups excluding carboxylic acids is 1. The van der Waals surface area contributed by atoms with E-state index in [9.17, 15) is 9.18 Å². The zero-order valence-electron chi connectivity index (χ0n) is 11.5. The van der Waals surface area contributed by atoms with Crippen LogP contribution in [0.5, 0.6) is 0 Å². The Labute approximate surface area is 113 Å². The highest BCUT2D eigenvalue weighted by molar-refractivity contribution is 5.95. The van der Waals surface area contributed by atoms with Gasteiger partial charge in [-0.2, -0.15) is 0 Å². The van der Waals surface area contributed by atoms with Crippen molar-refractivity contribution in [2.45, 2.75) is 20.3 Å². The van der Waals surface area contributed by atoms with Crippen LogP contribution in [0.2, 0.25) is 0 Å². The fraction of sp³-hybridized carbons (Fsp3) is 0.533. The first kappa shape index (κ1) is 14.0. The minimum atomic E-state index is -0.369. The van der Waals surface area contributed by atoms with E-state index in [1.165, 1.54) is 12.1 Å². The lowest BCUT2D eigenvalue weighted by molar-refractivity contribution is 0.0937. The average Bonchev–Trinajstić information content (AvgIpc) is 2.40. The summed E-state index contributed by atoms with van der Waals surface area (Å²) in [6, 6.07) is 4.31. The summed E-state index contributed by atoms with van der Waals surface area (Å²) >= 11 is 0. The molecule has 0 spiro atoms. The molecule has 3 nitrogen and oxygen atoms in total. The van der Waals surface area contributed by atoms with Crippen LogP contribution in [0.25, 0.3) is 0 Å². The van der Waals surface area contributed by atoms with E-state index >= 15 is 0 Å². The van der Waals surface area contributed by atoms with Crippen molar-refractivity contribution in [3.63, 3.8) is 0 Å². The predicted molar refractivity (Wildman–Crippen MR) is 73.6 cm³/mol. The second-order valence-corrected chi connectivity index (χ2v) is 5.40. The van der Waals surface area contributed by atoms with Gasteiger partial charge in [0.15, 0.2) is 0 Å². The highest BCUT2D eigenvalue weighted by Crippen LogP contribution is 2.18. The highest BCUT2D eigenvalue weighted by atomic mass is 19.1. The molecule has 4 heteroatoms. The number of carbonyl (C=O) groups is 1. The zero-order chi connectivity index (χ0) is 13.8. The van der Waals surface area contributed by atoms with Crippen LogP contribution in [0, 0.1) is 24.6 Å². The van der Waals surface area contributed by atoms with Gasteiger partial charge in [-0.1, -0.05) is 13.0 Å². The molecule has 1 aromatic rings. The van der Waals surface area contributed by atoms with Crippen LogP contribution in [0.1, 0.15) is 29.3 Å². The number of aryl methyl sites for hydroxylation is 1. The van der Waals surface area contributed by atoms with Crippen molar-refractivity contribution in [2.75, 3.05) is 19.6 Å². The Morgan fingerprint density at radius 3 is 3.05 bits per heavy atom. The first-order valence-corrected chi connectivity index (χ1v) is 6.83. The Kier molecular flexibility index (Phi) is 4.53. The molecule has 1 aromatic carbocycles. The second-order valence-electron chi connectivity index (χ2n) is 5.40. The van der Waals surface area contributed by atoms with Crippen molar-refractivity contribution < 1.29 is 9.18 Å². The van der Waals surface area contributed by atoms with Gasteiger partial charge < -0.3 is 10.6 Å². The topological polar surface area (TPSA) is 41.1 Å². The maximum absolute atomic E-state index is 13.2. The molecule has 1 aliphatic heterocycles. The Hall–Kier alpha value is -1.42. The predicted octanol–water partition coefficient (Wildman–Crippen LogP) is 2.11. The van der Waals surface area contributed by atoms with E-state index in [-0.39, 0.29) is 11.7 Å². The van der Waals surface area contributed by atoms with E-state index in [1.54, 1.807) is 6.07 Å². The van der Waals surface area contributed by atoms with Crippen LogP contribution < -0.4 is 10.6 Å². The fourth-order valence-electron chi connectivity index (χ4n) is 2.53. The summed E-state index contributed by atoms with van der Waals surface area (Å²) < 4.78 is 13.2. The zero-order valence-corrected chi connectivity index (χ0v) is 11.5.